The quantitative estimate of drug-likeness (QED) is 0.828. The number of piperidine rings is 1. The Kier molecular flexibility index (Phi) is 5.45. The number of carbonyl (C=O) groups is 2. The van der Waals surface area contributed by atoms with Crippen molar-refractivity contribution in [3.63, 3.8) is 0 Å². The number of rotatable bonds is 2. The van der Waals surface area contributed by atoms with Gasteiger partial charge in [0, 0.05) is 32.7 Å². The zero-order valence-corrected chi connectivity index (χ0v) is 13.3. The Morgan fingerprint density at radius 2 is 2.05 bits per heavy atom. The van der Waals surface area contributed by atoms with Gasteiger partial charge >= 0.3 is 6.09 Å². The second-order valence-electron chi connectivity index (χ2n) is 6.38. The molecule has 0 unspecified atom stereocenters. The summed E-state index contributed by atoms with van der Waals surface area (Å²) in [5.41, 5.74) is 0. The molecule has 0 spiro atoms. The highest BCUT2D eigenvalue weighted by Gasteiger charge is 2.36. The molecule has 2 heterocycles. The zero-order valence-electron chi connectivity index (χ0n) is 13.3. The first-order chi connectivity index (χ1) is 9.99. The first-order valence-electron chi connectivity index (χ1n) is 7.95. The minimum Gasteiger partial charge on any atom is -0.447 e. The predicted octanol–water partition coefficient (Wildman–Crippen LogP) is 1.06. The standard InChI is InChI=1S/C15H27N3O3/c1-11(2)21-15(20)18-8-6-16-9-13(18)14(19)17-7-4-5-12(3)10-17/h11-13,16H,4-10H2,1-3H3/t12-,13+/m1/s1. The summed E-state index contributed by atoms with van der Waals surface area (Å²) in [5.74, 6) is 0.588. The molecule has 0 bridgehead atoms. The Bertz CT molecular complexity index is 386. The largest absolute Gasteiger partial charge is 0.447 e. The third-order valence-electron chi connectivity index (χ3n) is 4.07. The number of hydrogen-bond donors (Lipinski definition) is 1. The fourth-order valence-corrected chi connectivity index (χ4v) is 3.01. The van der Waals surface area contributed by atoms with Crippen LogP contribution >= 0.6 is 0 Å². The molecule has 0 aromatic rings. The van der Waals surface area contributed by atoms with Crippen LogP contribution in [0, 0.1) is 5.92 Å². The van der Waals surface area contributed by atoms with Crippen molar-refractivity contribution in [1.29, 1.82) is 0 Å². The summed E-state index contributed by atoms with van der Waals surface area (Å²) in [5, 5.41) is 3.21. The molecule has 21 heavy (non-hydrogen) atoms. The third-order valence-corrected chi connectivity index (χ3v) is 4.07. The lowest BCUT2D eigenvalue weighted by Gasteiger charge is -2.39. The molecule has 0 aliphatic carbocycles. The summed E-state index contributed by atoms with van der Waals surface area (Å²) in [4.78, 5) is 28.4. The van der Waals surface area contributed by atoms with E-state index in [-0.39, 0.29) is 18.1 Å². The molecule has 0 aromatic heterocycles. The zero-order chi connectivity index (χ0) is 15.4. The van der Waals surface area contributed by atoms with Gasteiger partial charge in [-0.2, -0.15) is 0 Å². The average Bonchev–Trinajstić information content (AvgIpc) is 2.46. The summed E-state index contributed by atoms with van der Waals surface area (Å²) < 4.78 is 5.27. The maximum absolute atomic E-state index is 12.7. The minimum absolute atomic E-state index is 0.0504. The Hall–Kier alpha value is -1.30. The van der Waals surface area contributed by atoms with Crippen LogP contribution in [0.4, 0.5) is 4.79 Å². The van der Waals surface area contributed by atoms with E-state index in [9.17, 15) is 9.59 Å². The van der Waals surface area contributed by atoms with Crippen LogP contribution in [0.2, 0.25) is 0 Å². The molecule has 2 saturated heterocycles. The Balaban J connectivity index is 2.03. The van der Waals surface area contributed by atoms with Crippen molar-refractivity contribution in [1.82, 2.24) is 15.1 Å². The van der Waals surface area contributed by atoms with Gasteiger partial charge in [0.2, 0.25) is 5.91 Å². The number of nitrogens with zero attached hydrogens (tertiary/aromatic N) is 2. The van der Waals surface area contributed by atoms with Crippen LogP contribution in [0.3, 0.4) is 0 Å². The highest BCUT2D eigenvalue weighted by Crippen LogP contribution is 2.18. The van der Waals surface area contributed by atoms with Crippen molar-refractivity contribution < 1.29 is 14.3 Å². The van der Waals surface area contributed by atoms with Gasteiger partial charge in [0.15, 0.2) is 0 Å². The van der Waals surface area contributed by atoms with Crippen LogP contribution < -0.4 is 5.32 Å². The molecule has 120 valence electrons. The molecular formula is C15H27N3O3. The smallest absolute Gasteiger partial charge is 0.410 e. The van der Waals surface area contributed by atoms with Gasteiger partial charge in [-0.25, -0.2) is 4.79 Å². The highest BCUT2D eigenvalue weighted by molar-refractivity contribution is 5.86. The normalized spacial score (nSPS) is 26.9. The van der Waals surface area contributed by atoms with E-state index in [1.54, 1.807) is 4.90 Å². The van der Waals surface area contributed by atoms with Gasteiger partial charge in [0.1, 0.15) is 6.04 Å². The van der Waals surface area contributed by atoms with E-state index >= 15 is 0 Å². The molecule has 6 heteroatoms. The molecule has 1 N–H and O–H groups in total. The van der Waals surface area contributed by atoms with E-state index in [0.717, 1.165) is 19.5 Å². The third kappa shape index (κ3) is 4.09. The molecule has 2 amide bonds. The molecule has 2 fully saturated rings. The summed E-state index contributed by atoms with van der Waals surface area (Å²) in [7, 11) is 0. The van der Waals surface area contributed by atoms with Gasteiger partial charge in [0.25, 0.3) is 0 Å². The SMILES string of the molecule is CC(C)OC(=O)N1CCNC[C@H]1C(=O)N1CCC[C@@H](C)C1. The number of ether oxygens (including phenoxy) is 1. The van der Waals surface area contributed by atoms with E-state index < -0.39 is 6.04 Å². The van der Waals surface area contributed by atoms with Crippen molar-refractivity contribution in [3.8, 4) is 0 Å². The molecule has 2 rings (SSSR count). The second-order valence-corrected chi connectivity index (χ2v) is 6.38. The Morgan fingerprint density at radius 1 is 1.29 bits per heavy atom. The molecule has 2 aliphatic heterocycles. The molecule has 2 aliphatic rings. The molecule has 0 saturated carbocycles. The maximum Gasteiger partial charge on any atom is 0.410 e. The number of nitrogens with one attached hydrogen (secondary N) is 1. The van der Waals surface area contributed by atoms with Gasteiger partial charge < -0.3 is 15.0 Å². The van der Waals surface area contributed by atoms with E-state index in [1.165, 1.54) is 6.42 Å². The van der Waals surface area contributed by atoms with Crippen molar-refractivity contribution in [2.45, 2.75) is 45.8 Å². The number of hydrogen-bond acceptors (Lipinski definition) is 4. The Labute approximate surface area is 126 Å². The number of likely N-dealkylation sites (tertiary alicyclic amines) is 1. The highest BCUT2D eigenvalue weighted by atomic mass is 16.6. The van der Waals surface area contributed by atoms with Crippen LogP contribution in [0.25, 0.3) is 0 Å². The van der Waals surface area contributed by atoms with Crippen LogP contribution in [-0.2, 0) is 9.53 Å². The van der Waals surface area contributed by atoms with Crippen molar-refractivity contribution in [2.75, 3.05) is 32.7 Å². The van der Waals surface area contributed by atoms with Crippen molar-refractivity contribution >= 4 is 12.0 Å². The fraction of sp³-hybridized carbons (Fsp3) is 0.867. The van der Waals surface area contributed by atoms with Crippen molar-refractivity contribution in [3.05, 3.63) is 0 Å². The summed E-state index contributed by atoms with van der Waals surface area (Å²) in [6.07, 6.45) is 1.67. The molecular weight excluding hydrogens is 270 g/mol. The first-order valence-corrected chi connectivity index (χ1v) is 7.95. The fourth-order valence-electron chi connectivity index (χ4n) is 3.01. The van der Waals surface area contributed by atoms with Gasteiger partial charge in [-0.1, -0.05) is 6.92 Å². The number of amides is 2. The van der Waals surface area contributed by atoms with E-state index in [1.807, 2.05) is 18.7 Å². The van der Waals surface area contributed by atoms with E-state index in [0.29, 0.717) is 25.6 Å². The van der Waals surface area contributed by atoms with Gasteiger partial charge in [-0.05, 0) is 32.6 Å². The van der Waals surface area contributed by atoms with Crippen LogP contribution in [0.5, 0.6) is 0 Å². The van der Waals surface area contributed by atoms with Gasteiger partial charge in [0.05, 0.1) is 6.10 Å². The number of carbonyl (C=O) groups excluding carboxylic acids is 2. The van der Waals surface area contributed by atoms with Crippen LogP contribution in [0.15, 0.2) is 0 Å². The van der Waals surface area contributed by atoms with E-state index in [4.69, 9.17) is 4.74 Å². The van der Waals surface area contributed by atoms with Crippen molar-refractivity contribution in [2.24, 2.45) is 5.92 Å². The summed E-state index contributed by atoms with van der Waals surface area (Å²) in [6, 6.07) is -0.435. The van der Waals surface area contributed by atoms with Crippen LogP contribution in [-0.4, -0.2) is 66.7 Å². The minimum atomic E-state index is -0.435. The molecule has 2 atom stereocenters. The van der Waals surface area contributed by atoms with Gasteiger partial charge in [-0.3, -0.25) is 9.69 Å². The Morgan fingerprint density at radius 3 is 2.71 bits per heavy atom. The first kappa shape index (κ1) is 16.1. The van der Waals surface area contributed by atoms with Crippen LogP contribution in [0.1, 0.15) is 33.6 Å². The predicted molar refractivity (Wildman–Crippen MR) is 80.0 cm³/mol. The molecule has 0 aromatic carbocycles. The topological polar surface area (TPSA) is 61.9 Å². The summed E-state index contributed by atoms with van der Waals surface area (Å²) >= 11 is 0. The summed E-state index contributed by atoms with van der Waals surface area (Å²) in [6.45, 7) is 9.14. The van der Waals surface area contributed by atoms with E-state index in [2.05, 4.69) is 12.2 Å². The molecule has 6 nitrogen and oxygen atoms in total. The number of piperazine rings is 1. The lowest BCUT2D eigenvalue weighted by molar-refractivity contribution is -0.139. The average molecular weight is 297 g/mol. The van der Waals surface area contributed by atoms with Gasteiger partial charge in [-0.15, -0.1) is 0 Å². The monoisotopic (exact) mass is 297 g/mol. The second kappa shape index (κ2) is 7.11. The lowest BCUT2D eigenvalue weighted by Crippen LogP contribution is -2.61. The lowest BCUT2D eigenvalue weighted by atomic mass is 9.99. The molecule has 0 radical (unpaired) electrons. The maximum atomic E-state index is 12.7.